The van der Waals surface area contributed by atoms with E-state index >= 15 is 0 Å². The van der Waals surface area contributed by atoms with Crippen molar-refractivity contribution in [1.82, 2.24) is 14.5 Å². The average molecular weight is 507 g/mol. The molecule has 192 valence electrons. The molecular formula is C31H30N4O3. The SMILES string of the molecule is CCC(c1nc2ccccc2c(=O)n1-c1ccc(OC)cc1)N(CC)C(=O)Nc1cccc2ccccc12. The zero-order chi connectivity index (χ0) is 26.6. The number of carbonyl (C=O) groups excluding carboxylic acids is 1. The highest BCUT2D eigenvalue weighted by atomic mass is 16.5. The second-order valence-electron chi connectivity index (χ2n) is 8.99. The van der Waals surface area contributed by atoms with Crippen LogP contribution in [-0.4, -0.2) is 34.1 Å². The maximum Gasteiger partial charge on any atom is 0.322 e. The first kappa shape index (κ1) is 25.0. The number of carbonyl (C=O) groups is 1. The van der Waals surface area contributed by atoms with E-state index in [1.807, 2.05) is 98.8 Å². The standard InChI is InChI=1S/C31H30N4O3/c1-4-28(34(5-2)31(37)33-26-16-10-12-21-11-6-7-13-24(21)26)29-32-27-15-9-8-14-25(27)30(36)35(29)22-17-19-23(38-3)20-18-22/h6-20,28H,4-5H2,1-3H3,(H,33,37). The van der Waals surface area contributed by atoms with Crippen LogP contribution in [0.1, 0.15) is 32.1 Å². The molecule has 0 aliphatic rings. The van der Waals surface area contributed by atoms with E-state index in [2.05, 4.69) is 5.32 Å². The Hall–Kier alpha value is -4.65. The molecule has 1 aromatic heterocycles. The highest BCUT2D eigenvalue weighted by molar-refractivity contribution is 6.01. The molecule has 0 saturated carbocycles. The Bertz CT molecular complexity index is 1660. The summed E-state index contributed by atoms with van der Waals surface area (Å²) in [5, 5.41) is 5.63. The number of methoxy groups -OCH3 is 1. The molecule has 7 heteroatoms. The molecule has 4 aromatic carbocycles. The molecule has 0 spiro atoms. The number of urea groups is 1. The number of hydrogen-bond donors (Lipinski definition) is 1. The molecule has 7 nitrogen and oxygen atoms in total. The van der Waals surface area contributed by atoms with Crippen LogP contribution in [0.2, 0.25) is 0 Å². The topological polar surface area (TPSA) is 76.5 Å². The third-order valence-corrected chi connectivity index (χ3v) is 6.83. The Morgan fingerprint density at radius 3 is 2.32 bits per heavy atom. The van der Waals surface area contributed by atoms with Crippen molar-refractivity contribution in [1.29, 1.82) is 0 Å². The Morgan fingerprint density at radius 2 is 1.61 bits per heavy atom. The lowest BCUT2D eigenvalue weighted by molar-refractivity contribution is 0.185. The molecule has 0 radical (unpaired) electrons. The molecule has 0 fully saturated rings. The molecular weight excluding hydrogens is 476 g/mol. The summed E-state index contributed by atoms with van der Waals surface area (Å²) in [6.07, 6.45) is 0.567. The monoisotopic (exact) mass is 506 g/mol. The van der Waals surface area contributed by atoms with Crippen LogP contribution in [0.25, 0.3) is 27.4 Å². The number of amides is 2. The van der Waals surface area contributed by atoms with Crippen LogP contribution >= 0.6 is 0 Å². The normalized spacial score (nSPS) is 11.9. The number of rotatable bonds is 7. The number of fused-ring (bicyclic) bond motifs is 2. The number of aromatic nitrogens is 2. The summed E-state index contributed by atoms with van der Waals surface area (Å²) in [6, 6.07) is 27.7. The first-order valence-corrected chi connectivity index (χ1v) is 12.8. The van der Waals surface area contributed by atoms with E-state index in [9.17, 15) is 9.59 Å². The third kappa shape index (κ3) is 4.59. The molecule has 0 bridgehead atoms. The van der Waals surface area contributed by atoms with Gasteiger partial charge < -0.3 is 15.0 Å². The van der Waals surface area contributed by atoms with Crippen LogP contribution in [0.15, 0.2) is 95.8 Å². The average Bonchev–Trinajstić information content (AvgIpc) is 2.96. The minimum absolute atomic E-state index is 0.181. The maximum absolute atomic E-state index is 13.8. The fourth-order valence-electron chi connectivity index (χ4n) is 4.92. The van der Waals surface area contributed by atoms with Crippen molar-refractivity contribution in [3.63, 3.8) is 0 Å². The Balaban J connectivity index is 1.61. The van der Waals surface area contributed by atoms with Gasteiger partial charge in [-0.15, -0.1) is 0 Å². The van der Waals surface area contributed by atoms with Crippen LogP contribution < -0.4 is 15.6 Å². The summed E-state index contributed by atoms with van der Waals surface area (Å²) < 4.78 is 6.93. The van der Waals surface area contributed by atoms with E-state index in [0.29, 0.717) is 41.1 Å². The second kappa shape index (κ2) is 10.8. The minimum Gasteiger partial charge on any atom is -0.497 e. The van der Waals surface area contributed by atoms with Crippen molar-refractivity contribution in [3.05, 3.63) is 107 Å². The molecule has 5 rings (SSSR count). The van der Waals surface area contributed by atoms with Gasteiger partial charge in [-0.1, -0.05) is 55.5 Å². The number of nitrogens with zero attached hydrogens (tertiary/aromatic N) is 3. The van der Waals surface area contributed by atoms with Crippen LogP contribution in [0, 0.1) is 0 Å². The molecule has 1 atom stereocenters. The Labute approximate surface area is 221 Å². The lowest BCUT2D eigenvalue weighted by Crippen LogP contribution is -2.40. The first-order valence-electron chi connectivity index (χ1n) is 12.8. The largest absolute Gasteiger partial charge is 0.497 e. The van der Waals surface area contributed by atoms with Gasteiger partial charge in [0.2, 0.25) is 0 Å². The molecule has 1 unspecified atom stereocenters. The van der Waals surface area contributed by atoms with Gasteiger partial charge >= 0.3 is 6.03 Å². The van der Waals surface area contributed by atoms with Crippen molar-refractivity contribution in [2.24, 2.45) is 0 Å². The van der Waals surface area contributed by atoms with Crippen molar-refractivity contribution in [2.75, 3.05) is 19.0 Å². The molecule has 1 heterocycles. The van der Waals surface area contributed by atoms with E-state index in [1.165, 1.54) is 0 Å². The minimum atomic E-state index is -0.450. The number of hydrogen-bond acceptors (Lipinski definition) is 4. The van der Waals surface area contributed by atoms with Gasteiger partial charge in [-0.25, -0.2) is 9.78 Å². The quantitative estimate of drug-likeness (QED) is 0.271. The van der Waals surface area contributed by atoms with E-state index in [0.717, 1.165) is 16.5 Å². The number of para-hydroxylation sites is 1. The van der Waals surface area contributed by atoms with E-state index in [4.69, 9.17) is 9.72 Å². The maximum atomic E-state index is 13.8. The van der Waals surface area contributed by atoms with Gasteiger partial charge in [0, 0.05) is 11.9 Å². The highest BCUT2D eigenvalue weighted by Gasteiger charge is 2.28. The predicted octanol–water partition coefficient (Wildman–Crippen LogP) is 6.55. The zero-order valence-corrected chi connectivity index (χ0v) is 21.7. The lowest BCUT2D eigenvalue weighted by Gasteiger charge is -2.31. The van der Waals surface area contributed by atoms with Crippen LogP contribution in [0.4, 0.5) is 10.5 Å². The Morgan fingerprint density at radius 1 is 0.921 bits per heavy atom. The summed E-state index contributed by atoms with van der Waals surface area (Å²) in [5.41, 5.74) is 1.81. The fraction of sp³-hybridized carbons (Fsp3) is 0.194. The van der Waals surface area contributed by atoms with Crippen LogP contribution in [-0.2, 0) is 0 Å². The van der Waals surface area contributed by atoms with Gasteiger partial charge in [0.1, 0.15) is 11.6 Å². The fourth-order valence-corrected chi connectivity index (χ4v) is 4.92. The van der Waals surface area contributed by atoms with E-state index < -0.39 is 6.04 Å². The highest BCUT2D eigenvalue weighted by Crippen LogP contribution is 2.29. The molecule has 0 saturated heterocycles. The molecule has 0 aliphatic carbocycles. The number of anilines is 1. The van der Waals surface area contributed by atoms with Gasteiger partial charge in [-0.2, -0.15) is 0 Å². The summed E-state index contributed by atoms with van der Waals surface area (Å²) in [4.78, 5) is 34.2. The number of benzene rings is 4. The van der Waals surface area contributed by atoms with Crippen molar-refractivity contribution < 1.29 is 9.53 Å². The zero-order valence-electron chi connectivity index (χ0n) is 21.7. The van der Waals surface area contributed by atoms with Crippen molar-refractivity contribution in [3.8, 4) is 11.4 Å². The summed E-state index contributed by atoms with van der Waals surface area (Å²) in [6.45, 7) is 4.36. The summed E-state index contributed by atoms with van der Waals surface area (Å²) >= 11 is 0. The smallest absolute Gasteiger partial charge is 0.322 e. The lowest BCUT2D eigenvalue weighted by atomic mass is 10.1. The molecule has 2 amide bonds. The first-order chi connectivity index (χ1) is 18.5. The number of nitrogens with one attached hydrogen (secondary N) is 1. The van der Waals surface area contributed by atoms with Crippen molar-refractivity contribution >= 4 is 33.4 Å². The van der Waals surface area contributed by atoms with Crippen LogP contribution in [0.3, 0.4) is 0 Å². The van der Waals surface area contributed by atoms with Gasteiger partial charge in [0.15, 0.2) is 0 Å². The van der Waals surface area contributed by atoms with E-state index in [-0.39, 0.29) is 11.6 Å². The third-order valence-electron chi connectivity index (χ3n) is 6.83. The summed E-state index contributed by atoms with van der Waals surface area (Å²) in [5.74, 6) is 1.20. The van der Waals surface area contributed by atoms with Crippen molar-refractivity contribution in [2.45, 2.75) is 26.3 Å². The number of ether oxygens (including phenoxy) is 1. The van der Waals surface area contributed by atoms with Gasteiger partial charge in [0.05, 0.1) is 35.4 Å². The predicted molar refractivity (Wildman–Crippen MR) is 152 cm³/mol. The van der Waals surface area contributed by atoms with Gasteiger partial charge in [0.25, 0.3) is 5.56 Å². The molecule has 0 aliphatic heterocycles. The van der Waals surface area contributed by atoms with Gasteiger partial charge in [-0.3, -0.25) is 9.36 Å². The van der Waals surface area contributed by atoms with Crippen LogP contribution in [0.5, 0.6) is 5.75 Å². The second-order valence-corrected chi connectivity index (χ2v) is 8.99. The summed E-state index contributed by atoms with van der Waals surface area (Å²) in [7, 11) is 1.60. The van der Waals surface area contributed by atoms with Gasteiger partial charge in [-0.05, 0) is 61.2 Å². The molecule has 1 N–H and O–H groups in total. The van der Waals surface area contributed by atoms with E-state index in [1.54, 1.807) is 22.6 Å². The molecule has 38 heavy (non-hydrogen) atoms. The Kier molecular flexibility index (Phi) is 7.09. The molecule has 5 aromatic rings.